The van der Waals surface area contributed by atoms with Gasteiger partial charge in [0, 0.05) is 10.8 Å². The molecule has 25 unspecified atom stereocenters. The lowest BCUT2D eigenvalue weighted by molar-refractivity contribution is -0.378. The van der Waals surface area contributed by atoms with Gasteiger partial charge in [-0.25, -0.2) is 0 Å². The Labute approximate surface area is 507 Å². The average molecular weight is 1260 g/mol. The second-order valence-corrected chi connectivity index (χ2v) is 29.0. The van der Waals surface area contributed by atoms with Crippen molar-refractivity contribution >= 4 is 0 Å². The van der Waals surface area contributed by atoms with Gasteiger partial charge in [-0.15, -0.1) is 0 Å². The number of hydrogen-bond donors (Lipinski definition) is 17. The van der Waals surface area contributed by atoms with Crippen molar-refractivity contribution in [2.75, 3.05) is 33.0 Å². The van der Waals surface area contributed by atoms with Gasteiger partial charge in [-0.2, -0.15) is 0 Å². The van der Waals surface area contributed by atoms with E-state index < -0.39 is 208 Å². The van der Waals surface area contributed by atoms with Crippen molar-refractivity contribution in [1.29, 1.82) is 0 Å². The molecule has 5 saturated heterocycles. The molecule has 5 heterocycles. The lowest BCUT2D eigenvalue weighted by Gasteiger charge is -2.67. The van der Waals surface area contributed by atoms with Crippen molar-refractivity contribution in [3.05, 3.63) is 11.6 Å². The highest BCUT2D eigenvalue weighted by Gasteiger charge is 2.70. The lowest BCUT2D eigenvalue weighted by atomic mass is 9.38. The summed E-state index contributed by atoms with van der Waals surface area (Å²) in [5, 5.41) is 183. The van der Waals surface area contributed by atoms with Crippen LogP contribution in [-0.4, -0.2) is 286 Å². The van der Waals surface area contributed by atoms with Crippen LogP contribution >= 0.6 is 0 Å². The number of aliphatic hydroxyl groups excluding tert-OH is 17. The van der Waals surface area contributed by atoms with Crippen LogP contribution in [0.25, 0.3) is 0 Å². The number of hydrogen-bond acceptors (Lipinski definition) is 27. The van der Waals surface area contributed by atoms with Gasteiger partial charge in [0.15, 0.2) is 31.5 Å². The minimum absolute atomic E-state index is 0.0386. The van der Waals surface area contributed by atoms with Gasteiger partial charge < -0.3 is 134 Å². The largest absolute Gasteiger partial charge is 0.394 e. The molecule has 27 nitrogen and oxygen atoms in total. The molecule has 0 radical (unpaired) electrons. The van der Waals surface area contributed by atoms with E-state index in [1.165, 1.54) is 0 Å². The predicted octanol–water partition coefficient (Wildman–Crippen LogP) is -3.49. The molecule has 0 amide bonds. The molecule has 0 spiro atoms. The minimum Gasteiger partial charge on any atom is -0.394 e. The normalized spacial score (nSPS) is 51.8. The predicted molar refractivity (Wildman–Crippen MR) is 297 cm³/mol. The van der Waals surface area contributed by atoms with E-state index in [9.17, 15) is 86.8 Å². The highest BCUT2D eigenvalue weighted by molar-refractivity contribution is 5.32. The molecule has 0 aromatic heterocycles. The zero-order valence-corrected chi connectivity index (χ0v) is 51.4. The molecule has 5 aliphatic heterocycles. The Bertz CT molecular complexity index is 2290. The van der Waals surface area contributed by atoms with E-state index >= 15 is 0 Å². The third kappa shape index (κ3) is 12.8. The van der Waals surface area contributed by atoms with Crippen molar-refractivity contribution in [3.8, 4) is 0 Å². The molecule has 0 aromatic rings. The molecular formula is C60H102O27. The quantitative estimate of drug-likeness (QED) is 0.0592. The number of fused-ring (bicyclic) bond motifs is 5. The fraction of sp³-hybridized carbons (Fsp3) is 0.967. The average Bonchev–Trinajstić information content (AvgIpc) is 1.67. The zero-order valence-electron chi connectivity index (χ0n) is 51.4. The molecule has 0 bridgehead atoms. The second kappa shape index (κ2) is 26.8. The summed E-state index contributed by atoms with van der Waals surface area (Å²) in [6, 6.07) is 0. The van der Waals surface area contributed by atoms with Crippen LogP contribution in [0.3, 0.4) is 0 Å². The monoisotopic (exact) mass is 1250 g/mol. The molecule has 0 aromatic carbocycles. The first-order valence-corrected chi connectivity index (χ1v) is 31.2. The Balaban J connectivity index is 0.879. The van der Waals surface area contributed by atoms with Gasteiger partial charge in [-0.3, -0.25) is 0 Å². The van der Waals surface area contributed by atoms with Crippen LogP contribution in [0, 0.1) is 50.7 Å². The summed E-state index contributed by atoms with van der Waals surface area (Å²) >= 11 is 0. The van der Waals surface area contributed by atoms with E-state index in [1.807, 2.05) is 20.8 Å². The molecule has 27 heteroatoms. The molecule has 17 N–H and O–H groups in total. The Kier molecular flexibility index (Phi) is 21.6. The van der Waals surface area contributed by atoms with Gasteiger partial charge in [0.25, 0.3) is 0 Å². The van der Waals surface area contributed by atoms with Crippen LogP contribution in [0.2, 0.25) is 0 Å². The number of aliphatic hydroxyl groups is 17. The second-order valence-electron chi connectivity index (χ2n) is 29.0. The van der Waals surface area contributed by atoms with Gasteiger partial charge in [-0.1, -0.05) is 74.0 Å². The molecule has 9 aliphatic rings. The van der Waals surface area contributed by atoms with Gasteiger partial charge in [0.2, 0.25) is 0 Å². The van der Waals surface area contributed by atoms with Crippen molar-refractivity contribution in [2.24, 2.45) is 50.7 Å². The fourth-order valence-electron chi connectivity index (χ4n) is 16.8. The van der Waals surface area contributed by atoms with Crippen LogP contribution in [0.15, 0.2) is 11.6 Å². The maximum Gasteiger partial charge on any atom is 0.187 e. The van der Waals surface area contributed by atoms with E-state index in [1.54, 1.807) is 0 Å². The van der Waals surface area contributed by atoms with Crippen molar-refractivity contribution in [2.45, 2.75) is 279 Å². The first-order chi connectivity index (χ1) is 40.7. The van der Waals surface area contributed by atoms with Crippen LogP contribution in [0.4, 0.5) is 0 Å². The maximum absolute atomic E-state index is 12.9. The Hall–Kier alpha value is -1.34. The summed E-state index contributed by atoms with van der Waals surface area (Å²) in [4.78, 5) is 0. The van der Waals surface area contributed by atoms with E-state index in [4.69, 9.17) is 47.4 Å². The molecule has 504 valence electrons. The maximum atomic E-state index is 12.9. The fourth-order valence-corrected chi connectivity index (χ4v) is 16.8. The SMILES string of the molecule is C[C@H](CCC(OC1OC(COC2OCC(O)C(O)C2O)C(O)C(O)C1OC1OC(CO)C(O)C(O)C1O)C(C)(C)C)[C@H]1CC[C@@]2(C)[C@@H]3CC=C4[C@@H](CC[C@H](OC5OC(COC6OC(CO)C(O)C(O)C6O)C(O)C(O)C5O)C4(C)C)[C@]3(C)[C@H](O)C[C@]12C. The summed E-state index contributed by atoms with van der Waals surface area (Å²) in [5.41, 5.74) is -1.21. The highest BCUT2D eigenvalue weighted by atomic mass is 16.8. The van der Waals surface area contributed by atoms with E-state index in [0.717, 1.165) is 18.4 Å². The number of ether oxygens (including phenoxy) is 10. The molecule has 87 heavy (non-hydrogen) atoms. The third-order valence-electron chi connectivity index (χ3n) is 22.7. The van der Waals surface area contributed by atoms with Crippen molar-refractivity contribution in [3.63, 3.8) is 0 Å². The highest BCUT2D eigenvalue weighted by Crippen LogP contribution is 2.75. The molecular weight excluding hydrogens is 1150 g/mol. The number of allylic oxidation sites excluding steroid dienone is 1. The number of rotatable bonds is 18. The Morgan fingerprint density at radius 1 is 0.552 bits per heavy atom. The minimum atomic E-state index is -1.88. The third-order valence-corrected chi connectivity index (χ3v) is 22.7. The van der Waals surface area contributed by atoms with Gasteiger partial charge in [0.05, 0.1) is 51.3 Å². The molecule has 34 atom stereocenters. The summed E-state index contributed by atoms with van der Waals surface area (Å²) in [7, 11) is 0. The molecule has 9 rings (SSSR count). The van der Waals surface area contributed by atoms with Gasteiger partial charge in [-0.05, 0) is 91.3 Å². The standard InChI is InChI=1S/C60H102O27/c1-24(10-14-35(56(2,3)4)85-55-50(87-54-49(77)43(71)39(67)30(20-62)82-54)45(73)41(69)32(84-55)22-79-51-46(74)37(65)28(63)21-78-51)25-16-17-58(7)33-13-11-26-27(60(33,9)34(64)18-59(25,58)8)12-15-36(57(26,5)6)86-53-48(76)44(72)40(68)31(83-53)23-80-52-47(75)42(70)38(66)29(19-61)81-52/h11,24-25,27-55,61-77H,10,12-23H2,1-9H3/t24-,25-,27-,28?,29?,30?,31?,32?,33+,34-,35?,36+,37?,38?,39?,40?,41?,42?,43?,44?,45?,46?,47?,48?,49?,50?,51?,52?,53?,54?,55?,58+,59-,60+/m1/s1. The molecule has 3 saturated carbocycles. The van der Waals surface area contributed by atoms with Crippen molar-refractivity contribution < 1.29 is 134 Å². The molecule has 8 fully saturated rings. The summed E-state index contributed by atoms with van der Waals surface area (Å²) in [5.74, 6) is 0.305. The van der Waals surface area contributed by atoms with Gasteiger partial charge >= 0.3 is 0 Å². The molecule has 4 aliphatic carbocycles. The lowest BCUT2D eigenvalue weighted by Crippen LogP contribution is -2.65. The smallest absolute Gasteiger partial charge is 0.187 e. The summed E-state index contributed by atoms with van der Waals surface area (Å²) in [6.45, 7) is 16.4. The van der Waals surface area contributed by atoms with E-state index in [2.05, 4.69) is 47.6 Å². The van der Waals surface area contributed by atoms with Crippen LogP contribution in [0.1, 0.15) is 114 Å². The zero-order chi connectivity index (χ0) is 63.9. The summed E-state index contributed by atoms with van der Waals surface area (Å²) < 4.78 is 59.8. The van der Waals surface area contributed by atoms with Crippen LogP contribution < -0.4 is 0 Å². The topological polar surface area (TPSA) is 436 Å². The van der Waals surface area contributed by atoms with Crippen LogP contribution in [0.5, 0.6) is 0 Å². The Morgan fingerprint density at radius 3 is 1.64 bits per heavy atom. The van der Waals surface area contributed by atoms with E-state index in [0.29, 0.717) is 38.5 Å². The Morgan fingerprint density at radius 2 is 1.06 bits per heavy atom. The summed E-state index contributed by atoms with van der Waals surface area (Å²) in [6.07, 6.45) is -32.6. The van der Waals surface area contributed by atoms with Gasteiger partial charge in [0.1, 0.15) is 116 Å². The first-order valence-electron chi connectivity index (χ1n) is 31.2. The van der Waals surface area contributed by atoms with E-state index in [-0.39, 0.29) is 41.1 Å². The van der Waals surface area contributed by atoms with Crippen LogP contribution in [-0.2, 0) is 47.4 Å². The first kappa shape index (κ1) is 70.0. The van der Waals surface area contributed by atoms with Crippen molar-refractivity contribution in [1.82, 2.24) is 0 Å².